The first-order valence-corrected chi connectivity index (χ1v) is 9.16. The zero-order chi connectivity index (χ0) is 16.7. The highest BCUT2D eigenvalue weighted by molar-refractivity contribution is 5.93. The molecule has 0 saturated heterocycles. The van der Waals surface area contributed by atoms with Crippen molar-refractivity contribution in [2.24, 2.45) is 23.5 Å². The van der Waals surface area contributed by atoms with Crippen LogP contribution in [0.3, 0.4) is 0 Å². The number of carbonyl (C=O) groups excluding carboxylic acids is 1. The fourth-order valence-electron chi connectivity index (χ4n) is 4.68. The highest BCUT2D eigenvalue weighted by Crippen LogP contribution is 2.42. The molecule has 1 heterocycles. The first kappa shape index (κ1) is 15.8. The van der Waals surface area contributed by atoms with E-state index in [-0.39, 0.29) is 11.8 Å². The van der Waals surface area contributed by atoms with E-state index in [0.29, 0.717) is 24.5 Å². The number of rotatable bonds is 2. The van der Waals surface area contributed by atoms with Crippen LogP contribution in [0.4, 0.5) is 11.4 Å². The summed E-state index contributed by atoms with van der Waals surface area (Å²) in [6, 6.07) is 6.21. The largest absolute Gasteiger partial charge is 0.490 e. The highest BCUT2D eigenvalue weighted by atomic mass is 16.5. The molecular formula is C19H27N3O2. The number of benzene rings is 1. The lowest BCUT2D eigenvalue weighted by Crippen LogP contribution is -2.48. The second-order valence-electron chi connectivity index (χ2n) is 7.64. The molecule has 0 aromatic heterocycles. The quantitative estimate of drug-likeness (QED) is 0.875. The predicted octanol–water partition coefficient (Wildman–Crippen LogP) is 2.61. The minimum atomic E-state index is 0.102. The van der Waals surface area contributed by atoms with E-state index in [1.165, 1.54) is 19.3 Å². The van der Waals surface area contributed by atoms with E-state index in [2.05, 4.69) is 17.3 Å². The molecule has 2 unspecified atom stereocenters. The monoisotopic (exact) mass is 329 g/mol. The first-order chi connectivity index (χ1) is 11.6. The summed E-state index contributed by atoms with van der Waals surface area (Å²) in [6.45, 7) is 1.58. The van der Waals surface area contributed by atoms with Crippen molar-refractivity contribution < 1.29 is 9.53 Å². The van der Waals surface area contributed by atoms with Gasteiger partial charge in [0.05, 0.1) is 12.2 Å². The van der Waals surface area contributed by atoms with Crippen LogP contribution < -0.4 is 20.7 Å². The Morgan fingerprint density at radius 1 is 1.29 bits per heavy atom. The Kier molecular flexibility index (Phi) is 4.12. The SMILES string of the molecule is CN1CCOc2ccc(NC(=O)C3CC4CCCC(C3)C4N)cc21. The number of carbonyl (C=O) groups is 1. The van der Waals surface area contributed by atoms with Crippen molar-refractivity contribution in [3.63, 3.8) is 0 Å². The summed E-state index contributed by atoms with van der Waals surface area (Å²) in [7, 11) is 2.05. The molecule has 0 radical (unpaired) electrons. The number of nitrogens with zero attached hydrogens (tertiary/aromatic N) is 1. The van der Waals surface area contributed by atoms with Crippen LogP contribution in [0.15, 0.2) is 18.2 Å². The molecule has 1 aliphatic heterocycles. The molecule has 130 valence electrons. The van der Waals surface area contributed by atoms with Crippen LogP contribution in [0.5, 0.6) is 5.75 Å². The van der Waals surface area contributed by atoms with Crippen molar-refractivity contribution in [1.29, 1.82) is 0 Å². The van der Waals surface area contributed by atoms with E-state index in [1.807, 2.05) is 18.2 Å². The standard InChI is InChI=1S/C19H27N3O2/c1-22-7-8-24-17-6-5-15(11-16(17)22)21-19(23)14-9-12-3-2-4-13(10-14)18(12)20/h5-6,11-14,18H,2-4,7-10,20H2,1H3,(H,21,23). The molecule has 2 saturated carbocycles. The molecule has 3 aliphatic rings. The van der Waals surface area contributed by atoms with Crippen LogP contribution in [-0.4, -0.2) is 32.1 Å². The van der Waals surface area contributed by atoms with E-state index in [0.717, 1.165) is 36.5 Å². The minimum absolute atomic E-state index is 0.102. The molecule has 1 amide bonds. The number of hydrogen-bond acceptors (Lipinski definition) is 4. The normalized spacial score (nSPS) is 31.8. The van der Waals surface area contributed by atoms with Crippen molar-refractivity contribution in [3.05, 3.63) is 18.2 Å². The van der Waals surface area contributed by atoms with Gasteiger partial charge in [0.15, 0.2) is 0 Å². The van der Waals surface area contributed by atoms with Gasteiger partial charge < -0.3 is 20.7 Å². The van der Waals surface area contributed by atoms with E-state index in [4.69, 9.17) is 10.5 Å². The molecule has 2 bridgehead atoms. The van der Waals surface area contributed by atoms with Crippen molar-refractivity contribution in [2.45, 2.75) is 38.1 Å². The fourth-order valence-corrected chi connectivity index (χ4v) is 4.68. The molecule has 1 aromatic rings. The second-order valence-corrected chi connectivity index (χ2v) is 7.64. The van der Waals surface area contributed by atoms with Crippen molar-refractivity contribution in [2.75, 3.05) is 30.4 Å². The summed E-state index contributed by atoms with van der Waals surface area (Å²) >= 11 is 0. The van der Waals surface area contributed by atoms with Gasteiger partial charge in [-0.1, -0.05) is 6.42 Å². The van der Waals surface area contributed by atoms with Crippen LogP contribution >= 0.6 is 0 Å². The van der Waals surface area contributed by atoms with E-state index in [9.17, 15) is 4.79 Å². The van der Waals surface area contributed by atoms with Crippen molar-refractivity contribution in [1.82, 2.24) is 0 Å². The van der Waals surface area contributed by atoms with Gasteiger partial charge in [-0.2, -0.15) is 0 Å². The summed E-state index contributed by atoms with van der Waals surface area (Å²) in [5.74, 6) is 2.19. The number of anilines is 2. The Balaban J connectivity index is 1.46. The van der Waals surface area contributed by atoms with Gasteiger partial charge in [-0.15, -0.1) is 0 Å². The Bertz CT molecular complexity index is 619. The van der Waals surface area contributed by atoms with Gasteiger partial charge in [-0.3, -0.25) is 4.79 Å². The number of nitrogens with two attached hydrogens (primary N) is 1. The first-order valence-electron chi connectivity index (χ1n) is 9.16. The maximum absolute atomic E-state index is 12.8. The molecule has 3 N–H and O–H groups in total. The molecule has 5 heteroatoms. The minimum Gasteiger partial charge on any atom is -0.490 e. The fraction of sp³-hybridized carbons (Fsp3) is 0.632. The average molecular weight is 329 g/mol. The second kappa shape index (κ2) is 6.28. The van der Waals surface area contributed by atoms with Gasteiger partial charge >= 0.3 is 0 Å². The number of amides is 1. The Morgan fingerprint density at radius 3 is 2.79 bits per heavy atom. The lowest BCUT2D eigenvalue weighted by molar-refractivity contribution is -0.122. The van der Waals surface area contributed by atoms with Crippen LogP contribution in [0.2, 0.25) is 0 Å². The number of ether oxygens (including phenoxy) is 1. The number of likely N-dealkylation sites (N-methyl/N-ethyl adjacent to an activating group) is 1. The Hall–Kier alpha value is -1.75. The zero-order valence-corrected chi connectivity index (χ0v) is 14.3. The highest BCUT2D eigenvalue weighted by Gasteiger charge is 2.40. The average Bonchev–Trinajstić information content (AvgIpc) is 2.55. The van der Waals surface area contributed by atoms with Crippen LogP contribution in [0, 0.1) is 17.8 Å². The van der Waals surface area contributed by atoms with Crippen LogP contribution in [0.1, 0.15) is 32.1 Å². The van der Waals surface area contributed by atoms with E-state index in [1.54, 1.807) is 0 Å². The van der Waals surface area contributed by atoms with E-state index >= 15 is 0 Å². The third-order valence-electron chi connectivity index (χ3n) is 6.11. The molecule has 5 nitrogen and oxygen atoms in total. The smallest absolute Gasteiger partial charge is 0.227 e. The summed E-state index contributed by atoms with van der Waals surface area (Å²) < 4.78 is 5.66. The summed E-state index contributed by atoms with van der Waals surface area (Å²) in [5, 5.41) is 3.12. The van der Waals surface area contributed by atoms with Gasteiger partial charge in [-0.05, 0) is 55.7 Å². The van der Waals surface area contributed by atoms with Gasteiger partial charge in [0.25, 0.3) is 0 Å². The Morgan fingerprint density at radius 2 is 2.04 bits per heavy atom. The Labute approximate surface area is 143 Å². The predicted molar refractivity (Wildman–Crippen MR) is 95.4 cm³/mol. The molecule has 2 fully saturated rings. The molecule has 0 spiro atoms. The van der Waals surface area contributed by atoms with Crippen molar-refractivity contribution >= 4 is 17.3 Å². The molecule has 2 aliphatic carbocycles. The zero-order valence-electron chi connectivity index (χ0n) is 14.3. The topological polar surface area (TPSA) is 67.6 Å². The lowest BCUT2D eigenvalue weighted by atomic mass is 9.65. The van der Waals surface area contributed by atoms with Crippen LogP contribution in [-0.2, 0) is 4.79 Å². The molecule has 4 rings (SSSR count). The third kappa shape index (κ3) is 2.86. The van der Waals surface area contributed by atoms with E-state index < -0.39 is 0 Å². The molecule has 2 atom stereocenters. The lowest BCUT2D eigenvalue weighted by Gasteiger charge is -2.43. The van der Waals surface area contributed by atoms with Gasteiger partial charge in [0.2, 0.25) is 5.91 Å². The summed E-state index contributed by atoms with van der Waals surface area (Å²) in [4.78, 5) is 14.9. The van der Waals surface area contributed by atoms with Gasteiger partial charge in [0, 0.05) is 24.7 Å². The molecular weight excluding hydrogens is 302 g/mol. The molecule has 24 heavy (non-hydrogen) atoms. The molecule has 1 aromatic carbocycles. The summed E-state index contributed by atoms with van der Waals surface area (Å²) in [6.07, 6.45) is 5.52. The van der Waals surface area contributed by atoms with Crippen molar-refractivity contribution in [3.8, 4) is 5.75 Å². The maximum Gasteiger partial charge on any atom is 0.227 e. The number of nitrogens with one attached hydrogen (secondary N) is 1. The summed E-state index contributed by atoms with van der Waals surface area (Å²) in [5.41, 5.74) is 8.24. The third-order valence-corrected chi connectivity index (χ3v) is 6.11. The van der Waals surface area contributed by atoms with Crippen LogP contribution in [0.25, 0.3) is 0 Å². The van der Waals surface area contributed by atoms with Gasteiger partial charge in [0.1, 0.15) is 12.4 Å². The number of hydrogen-bond donors (Lipinski definition) is 2. The number of fused-ring (bicyclic) bond motifs is 3. The van der Waals surface area contributed by atoms with Gasteiger partial charge in [-0.25, -0.2) is 0 Å². The maximum atomic E-state index is 12.8.